The van der Waals surface area contributed by atoms with Crippen molar-refractivity contribution in [3.63, 3.8) is 0 Å². The Morgan fingerprint density at radius 1 is 0.812 bits per heavy atom. The zero-order valence-electron chi connectivity index (χ0n) is 7.61. The topological polar surface area (TPSA) is 207 Å². The zero-order chi connectivity index (χ0) is 11.7. The van der Waals surface area contributed by atoms with Crippen LogP contribution in [0.1, 0.15) is 0 Å². The van der Waals surface area contributed by atoms with Gasteiger partial charge >= 0.3 is 110 Å². The van der Waals surface area contributed by atoms with Gasteiger partial charge in [-0.05, 0) is 12.3 Å². The van der Waals surface area contributed by atoms with Gasteiger partial charge in [0.05, 0.1) is 0 Å². The van der Waals surface area contributed by atoms with Crippen LogP contribution < -0.4 is 20.4 Å². The average molecular weight is 418 g/mol. The number of hydrogen-bond acceptors (Lipinski definition) is 10. The van der Waals surface area contributed by atoms with E-state index in [0.717, 1.165) is 0 Å². The Kier molecular flexibility index (Phi) is 50.2. The second-order valence-corrected chi connectivity index (χ2v) is 1.72. The molecule has 0 unspecified atom stereocenters. The Hall–Kier alpha value is 2.01. The van der Waals surface area contributed by atoms with Crippen molar-refractivity contribution in [1.82, 2.24) is 0 Å². The fraction of sp³-hybridized carbons (Fsp3) is 0. The Balaban J connectivity index is -0.0000000216. The third kappa shape index (κ3) is 895. The monoisotopic (exact) mass is 418 g/mol. The summed E-state index contributed by atoms with van der Waals surface area (Å²) in [5.74, 6) is 0. The molecule has 0 radical (unpaired) electrons. The van der Waals surface area contributed by atoms with Crippen molar-refractivity contribution in [2.45, 2.75) is 0 Å². The third-order valence-electron chi connectivity index (χ3n) is 0. The zero-order valence-corrected chi connectivity index (χ0v) is 16.5. The third-order valence-corrected chi connectivity index (χ3v) is 0. The molecule has 0 heterocycles. The van der Waals surface area contributed by atoms with Crippen molar-refractivity contribution in [2.75, 3.05) is 0 Å². The van der Waals surface area contributed by atoms with Gasteiger partial charge in [-0.3, -0.25) is 8.42 Å². The van der Waals surface area contributed by atoms with Crippen LogP contribution in [0.3, 0.4) is 0 Å². The van der Waals surface area contributed by atoms with Crippen molar-refractivity contribution < 1.29 is 47.5 Å². The van der Waals surface area contributed by atoms with Gasteiger partial charge < -0.3 is 39.1 Å². The first-order valence-electron chi connectivity index (χ1n) is 1.89. The van der Waals surface area contributed by atoms with E-state index in [9.17, 15) is 0 Å². The number of carbonyl (C=O) groups is 2. The minimum absolute atomic E-state index is 0. The first-order chi connectivity index (χ1) is 5.46. The summed E-state index contributed by atoms with van der Waals surface area (Å²) in [4.78, 5) is 16.7. The van der Waals surface area contributed by atoms with Crippen LogP contribution in [0, 0.1) is 0 Å². The molecular formula is C2BaCaMgO10S. The predicted molar refractivity (Wildman–Crippen MR) is 38.5 cm³/mol. The van der Waals surface area contributed by atoms with E-state index < -0.39 is 22.7 Å². The maximum atomic E-state index is 8.52. The number of hydrogen-bond donors (Lipinski definition) is 0. The molecule has 0 atom stereocenters. The van der Waals surface area contributed by atoms with E-state index in [-0.39, 0.29) is 110 Å². The van der Waals surface area contributed by atoms with Gasteiger partial charge in [0.25, 0.3) is 0 Å². The molecule has 10 nitrogen and oxygen atoms in total. The van der Waals surface area contributed by atoms with E-state index >= 15 is 0 Å². The summed E-state index contributed by atoms with van der Waals surface area (Å²) in [7, 11) is -5.17. The van der Waals surface area contributed by atoms with E-state index in [4.69, 9.17) is 47.5 Å². The molecule has 0 saturated heterocycles. The summed E-state index contributed by atoms with van der Waals surface area (Å²) in [6.45, 7) is 0. The van der Waals surface area contributed by atoms with Gasteiger partial charge in [0.2, 0.25) is 0 Å². The van der Waals surface area contributed by atoms with Gasteiger partial charge in [-0.1, -0.05) is 0 Å². The van der Waals surface area contributed by atoms with E-state index in [1.807, 2.05) is 0 Å². The molecule has 0 N–H and O–H groups in total. The maximum Gasteiger partial charge on any atom is 2.00 e. The molecule has 80 valence electrons. The molecule has 0 rings (SSSR count). The van der Waals surface area contributed by atoms with Gasteiger partial charge in [-0.15, -0.1) is 0 Å². The summed E-state index contributed by atoms with van der Waals surface area (Å²) in [6, 6.07) is 0. The van der Waals surface area contributed by atoms with Crippen LogP contribution in [-0.4, -0.2) is 140 Å². The summed E-state index contributed by atoms with van der Waals surface area (Å²) in [5.41, 5.74) is 0. The predicted octanol–water partition coefficient (Wildman–Crippen LogP) is -7.37. The normalized spacial score (nSPS) is 6.62. The smallest absolute Gasteiger partial charge is 0.759 e. The Labute approximate surface area is 176 Å². The van der Waals surface area contributed by atoms with E-state index in [2.05, 4.69) is 0 Å². The first-order valence-corrected chi connectivity index (χ1v) is 3.22. The number of carbonyl (C=O) groups excluding carboxylic acids is 2. The van der Waals surface area contributed by atoms with Crippen LogP contribution in [0.4, 0.5) is 9.59 Å². The quantitative estimate of drug-likeness (QED) is 0.206. The van der Waals surface area contributed by atoms with Crippen LogP contribution in [0.2, 0.25) is 0 Å². The van der Waals surface area contributed by atoms with Crippen molar-refractivity contribution in [2.24, 2.45) is 0 Å². The van der Waals surface area contributed by atoms with E-state index in [1.165, 1.54) is 0 Å². The van der Waals surface area contributed by atoms with Crippen molar-refractivity contribution in [3.05, 3.63) is 0 Å². The van der Waals surface area contributed by atoms with Gasteiger partial charge in [-0.2, -0.15) is 0 Å². The van der Waals surface area contributed by atoms with Crippen molar-refractivity contribution >= 4 is 132 Å². The SMILES string of the molecule is O=C([O-])[O-].O=C([O-])[O-].O=S(=O)([O-])[O-].[Ba+2].[Ca+2].[Mg+2]. The minimum atomic E-state index is -5.17. The van der Waals surface area contributed by atoms with Crippen molar-refractivity contribution in [1.29, 1.82) is 0 Å². The summed E-state index contributed by atoms with van der Waals surface area (Å²) >= 11 is 0. The molecule has 0 spiro atoms. The largest absolute Gasteiger partial charge is 2.00 e. The molecule has 14 heteroatoms. The minimum Gasteiger partial charge on any atom is -0.759 e. The molecule has 0 aromatic heterocycles. The standard InChI is InChI=1S/2CH2O3.Ba.Ca.Mg.H2O4S/c2*2-1(3)4;;;;1-5(2,3)4/h2*(H2,2,3,4);;;;(H2,1,2,3,4)/q;;3*+2;/p-6. The number of carboxylic acid groups (broad SMARTS) is 4. The van der Waals surface area contributed by atoms with Crippen LogP contribution >= 0.6 is 0 Å². The number of rotatable bonds is 0. The molecule has 16 heavy (non-hydrogen) atoms. The Morgan fingerprint density at radius 2 is 0.812 bits per heavy atom. The molecule has 0 aromatic rings. The maximum absolute atomic E-state index is 8.52. The molecule has 0 aromatic carbocycles. The van der Waals surface area contributed by atoms with Gasteiger partial charge in [0.1, 0.15) is 0 Å². The van der Waals surface area contributed by atoms with E-state index in [1.54, 1.807) is 0 Å². The summed E-state index contributed by atoms with van der Waals surface area (Å²) < 4.78 is 34.1. The molecule has 0 aliphatic rings. The molecule has 0 aliphatic heterocycles. The molecule has 0 bridgehead atoms. The fourth-order valence-corrected chi connectivity index (χ4v) is 0. The van der Waals surface area contributed by atoms with Gasteiger partial charge in [0, 0.05) is 10.4 Å². The molecular weight excluding hydrogens is 418 g/mol. The Bertz CT molecular complexity index is 224. The van der Waals surface area contributed by atoms with Gasteiger partial charge in [-0.25, -0.2) is 0 Å². The van der Waals surface area contributed by atoms with Crippen LogP contribution in [0.5, 0.6) is 0 Å². The fourth-order valence-electron chi connectivity index (χ4n) is 0. The second kappa shape index (κ2) is 22.2. The molecule has 0 saturated carbocycles. The van der Waals surface area contributed by atoms with Crippen LogP contribution in [0.15, 0.2) is 0 Å². The Morgan fingerprint density at radius 3 is 0.812 bits per heavy atom. The van der Waals surface area contributed by atoms with Crippen LogP contribution in [-0.2, 0) is 10.4 Å². The molecule has 0 amide bonds. The summed E-state index contributed by atoms with van der Waals surface area (Å²) in [5, 5.41) is 33.3. The second-order valence-electron chi connectivity index (χ2n) is 0.908. The van der Waals surface area contributed by atoms with Gasteiger partial charge in [0.15, 0.2) is 0 Å². The van der Waals surface area contributed by atoms with Crippen LogP contribution in [0.25, 0.3) is 0 Å². The van der Waals surface area contributed by atoms with Crippen molar-refractivity contribution in [3.8, 4) is 0 Å². The summed E-state index contributed by atoms with van der Waals surface area (Å²) in [6.07, 6.45) is -4.67. The van der Waals surface area contributed by atoms with E-state index in [0.29, 0.717) is 0 Å². The first kappa shape index (κ1) is 36.1. The molecule has 0 aliphatic carbocycles. The average Bonchev–Trinajstić information content (AvgIpc) is 1.50. The molecule has 0 fully saturated rings.